The van der Waals surface area contributed by atoms with Gasteiger partial charge >= 0.3 is 0 Å². The van der Waals surface area contributed by atoms with Crippen molar-refractivity contribution in [3.8, 4) is 17.2 Å². The number of Topliss-reactive ketones (excluding diaryl/α,β-unsaturated/α-hetero) is 1. The first-order chi connectivity index (χ1) is 17.9. The lowest BCUT2D eigenvalue weighted by atomic mass is 9.95. The van der Waals surface area contributed by atoms with Crippen LogP contribution in [-0.2, 0) is 9.59 Å². The predicted molar refractivity (Wildman–Crippen MR) is 143 cm³/mol. The van der Waals surface area contributed by atoms with E-state index in [0.717, 1.165) is 19.5 Å². The van der Waals surface area contributed by atoms with Crippen molar-refractivity contribution in [2.75, 3.05) is 46.5 Å². The number of ether oxygens (including phenoxy) is 3. The van der Waals surface area contributed by atoms with Gasteiger partial charge in [0, 0.05) is 18.7 Å². The third kappa shape index (κ3) is 6.25. The minimum absolute atomic E-state index is 0.0537. The number of hydrogen-bond acceptors (Lipinski definition) is 7. The molecule has 0 spiro atoms. The number of amides is 1. The number of nitrogens with zero attached hydrogens (tertiary/aromatic N) is 2. The minimum Gasteiger partial charge on any atom is -0.507 e. The van der Waals surface area contributed by atoms with Crippen molar-refractivity contribution in [2.45, 2.75) is 40.2 Å². The van der Waals surface area contributed by atoms with Gasteiger partial charge in [0.15, 0.2) is 11.5 Å². The van der Waals surface area contributed by atoms with Crippen LogP contribution in [0.4, 0.5) is 0 Å². The van der Waals surface area contributed by atoms with Crippen molar-refractivity contribution < 1.29 is 28.9 Å². The van der Waals surface area contributed by atoms with Crippen LogP contribution >= 0.6 is 0 Å². The molecule has 1 fully saturated rings. The number of ketones is 1. The Morgan fingerprint density at radius 3 is 2.27 bits per heavy atom. The number of carbonyl (C=O) groups is 2. The number of methoxy groups -OCH3 is 1. The van der Waals surface area contributed by atoms with E-state index in [0.29, 0.717) is 54.7 Å². The molecule has 0 aliphatic carbocycles. The van der Waals surface area contributed by atoms with E-state index >= 15 is 0 Å². The number of aliphatic hydroxyl groups is 1. The molecule has 1 aliphatic rings. The van der Waals surface area contributed by atoms with Crippen LogP contribution in [0.2, 0.25) is 0 Å². The lowest BCUT2D eigenvalue weighted by Gasteiger charge is -2.28. The van der Waals surface area contributed by atoms with Gasteiger partial charge in [-0.25, -0.2) is 0 Å². The Morgan fingerprint density at radius 2 is 1.68 bits per heavy atom. The first-order valence-electron chi connectivity index (χ1n) is 12.9. The Labute approximate surface area is 219 Å². The standard InChI is InChI=1S/C29H38N2O6/c1-6-18-37-23-15-12-21(19-24(23)35-5)26-25(27(32)20-10-13-22(14-11-20)36-9-4)28(33)29(34)31(26)17-16-30(7-2)8-3/h10-15,19,26,32H,6-9,16-18H2,1-5H3. The molecule has 2 aromatic carbocycles. The highest BCUT2D eigenvalue weighted by Crippen LogP contribution is 2.42. The van der Waals surface area contributed by atoms with Crippen LogP contribution in [0.3, 0.4) is 0 Å². The predicted octanol–water partition coefficient (Wildman–Crippen LogP) is 4.65. The normalized spacial score (nSPS) is 16.9. The number of benzene rings is 2. The second kappa shape index (κ2) is 13.1. The molecule has 1 saturated heterocycles. The van der Waals surface area contributed by atoms with E-state index in [1.807, 2.05) is 19.9 Å². The molecule has 1 atom stereocenters. The first-order valence-corrected chi connectivity index (χ1v) is 12.9. The summed E-state index contributed by atoms with van der Waals surface area (Å²) in [7, 11) is 1.55. The SMILES string of the molecule is CCCOc1ccc(C2C(=C(O)c3ccc(OCC)cc3)C(=O)C(=O)N2CCN(CC)CC)cc1OC. The van der Waals surface area contributed by atoms with Gasteiger partial charge in [-0.05, 0) is 68.4 Å². The van der Waals surface area contributed by atoms with Crippen LogP contribution in [-0.4, -0.2) is 73.1 Å². The molecule has 1 aliphatic heterocycles. The van der Waals surface area contributed by atoms with E-state index in [1.54, 1.807) is 48.4 Å². The molecule has 3 rings (SSSR count). The molecule has 8 heteroatoms. The Balaban J connectivity index is 2.10. The van der Waals surface area contributed by atoms with Gasteiger partial charge in [0.25, 0.3) is 11.7 Å². The molecular formula is C29H38N2O6. The quantitative estimate of drug-likeness (QED) is 0.238. The smallest absolute Gasteiger partial charge is 0.295 e. The van der Waals surface area contributed by atoms with Crippen molar-refractivity contribution in [2.24, 2.45) is 0 Å². The van der Waals surface area contributed by atoms with Gasteiger partial charge in [0.05, 0.1) is 31.9 Å². The lowest BCUT2D eigenvalue weighted by molar-refractivity contribution is -0.140. The molecule has 200 valence electrons. The lowest BCUT2D eigenvalue weighted by Crippen LogP contribution is -2.38. The molecule has 1 unspecified atom stereocenters. The van der Waals surface area contributed by atoms with E-state index in [2.05, 4.69) is 18.7 Å². The summed E-state index contributed by atoms with van der Waals surface area (Å²) in [5, 5.41) is 11.3. The highest BCUT2D eigenvalue weighted by Gasteiger charge is 2.46. The molecule has 2 aromatic rings. The Bertz CT molecular complexity index is 1110. The maximum absolute atomic E-state index is 13.3. The van der Waals surface area contributed by atoms with Gasteiger partial charge < -0.3 is 29.1 Å². The molecule has 1 amide bonds. The average Bonchev–Trinajstić information content (AvgIpc) is 3.17. The van der Waals surface area contributed by atoms with Crippen molar-refractivity contribution in [1.29, 1.82) is 0 Å². The molecule has 37 heavy (non-hydrogen) atoms. The summed E-state index contributed by atoms with van der Waals surface area (Å²) >= 11 is 0. The minimum atomic E-state index is -0.767. The summed E-state index contributed by atoms with van der Waals surface area (Å²) in [5.74, 6) is 0.182. The number of carbonyl (C=O) groups excluding carboxylic acids is 2. The third-order valence-corrected chi connectivity index (χ3v) is 6.50. The van der Waals surface area contributed by atoms with Gasteiger partial charge in [0.2, 0.25) is 0 Å². The summed E-state index contributed by atoms with van der Waals surface area (Å²) in [6.45, 7) is 11.7. The van der Waals surface area contributed by atoms with Crippen molar-refractivity contribution >= 4 is 17.4 Å². The highest BCUT2D eigenvalue weighted by atomic mass is 16.5. The van der Waals surface area contributed by atoms with Crippen molar-refractivity contribution in [1.82, 2.24) is 9.80 Å². The van der Waals surface area contributed by atoms with Crippen molar-refractivity contribution in [3.63, 3.8) is 0 Å². The first kappa shape index (κ1) is 28.1. The second-order valence-corrected chi connectivity index (χ2v) is 8.74. The molecule has 1 N–H and O–H groups in total. The van der Waals surface area contributed by atoms with E-state index < -0.39 is 17.7 Å². The van der Waals surface area contributed by atoms with Gasteiger partial charge in [-0.15, -0.1) is 0 Å². The number of likely N-dealkylation sites (tertiary alicyclic amines) is 1. The Kier molecular flexibility index (Phi) is 9.97. The number of hydrogen-bond donors (Lipinski definition) is 1. The molecule has 0 radical (unpaired) electrons. The number of aliphatic hydroxyl groups excluding tert-OH is 1. The summed E-state index contributed by atoms with van der Waals surface area (Å²) in [5.41, 5.74) is 1.15. The molecular weight excluding hydrogens is 472 g/mol. The highest BCUT2D eigenvalue weighted by molar-refractivity contribution is 6.46. The van der Waals surface area contributed by atoms with Crippen LogP contribution in [0, 0.1) is 0 Å². The third-order valence-electron chi connectivity index (χ3n) is 6.50. The summed E-state index contributed by atoms with van der Waals surface area (Å²) in [6.07, 6.45) is 0.846. The van der Waals surface area contributed by atoms with E-state index in [1.165, 1.54) is 0 Å². The zero-order chi connectivity index (χ0) is 26.9. The Morgan fingerprint density at radius 1 is 0.973 bits per heavy atom. The zero-order valence-electron chi connectivity index (χ0n) is 22.5. The van der Waals surface area contributed by atoms with E-state index in [-0.39, 0.29) is 11.3 Å². The van der Waals surface area contributed by atoms with Crippen LogP contribution in [0.25, 0.3) is 5.76 Å². The largest absolute Gasteiger partial charge is 0.507 e. The topological polar surface area (TPSA) is 88.5 Å². The molecule has 0 bridgehead atoms. The summed E-state index contributed by atoms with van der Waals surface area (Å²) < 4.78 is 16.9. The van der Waals surface area contributed by atoms with Crippen molar-refractivity contribution in [3.05, 3.63) is 59.2 Å². The summed E-state index contributed by atoms with van der Waals surface area (Å²) in [4.78, 5) is 30.3. The van der Waals surface area contributed by atoms with Crippen LogP contribution in [0.1, 0.15) is 51.3 Å². The van der Waals surface area contributed by atoms with E-state index in [4.69, 9.17) is 14.2 Å². The van der Waals surface area contributed by atoms with Crippen LogP contribution < -0.4 is 14.2 Å². The van der Waals surface area contributed by atoms with Gasteiger partial charge in [-0.2, -0.15) is 0 Å². The maximum Gasteiger partial charge on any atom is 0.295 e. The number of rotatable bonds is 13. The maximum atomic E-state index is 13.3. The molecule has 0 saturated carbocycles. The van der Waals surface area contributed by atoms with Crippen LogP contribution in [0.5, 0.6) is 17.2 Å². The van der Waals surface area contributed by atoms with Crippen LogP contribution in [0.15, 0.2) is 48.0 Å². The molecule has 1 heterocycles. The monoisotopic (exact) mass is 510 g/mol. The Hall–Kier alpha value is -3.52. The second-order valence-electron chi connectivity index (χ2n) is 8.74. The molecule has 8 nitrogen and oxygen atoms in total. The fourth-order valence-corrected chi connectivity index (χ4v) is 4.46. The number of likely N-dealkylation sites (N-methyl/N-ethyl adjacent to an activating group) is 1. The average molecular weight is 511 g/mol. The summed E-state index contributed by atoms with van der Waals surface area (Å²) in [6, 6.07) is 11.4. The van der Waals surface area contributed by atoms with E-state index in [9.17, 15) is 14.7 Å². The molecule has 0 aromatic heterocycles. The van der Waals surface area contributed by atoms with Gasteiger partial charge in [0.1, 0.15) is 11.5 Å². The fraction of sp³-hybridized carbons (Fsp3) is 0.448. The van der Waals surface area contributed by atoms with Gasteiger partial charge in [-0.3, -0.25) is 9.59 Å². The fourth-order valence-electron chi connectivity index (χ4n) is 4.46. The zero-order valence-corrected chi connectivity index (χ0v) is 22.5. The van der Waals surface area contributed by atoms with Gasteiger partial charge in [-0.1, -0.05) is 26.8 Å².